The highest BCUT2D eigenvalue weighted by molar-refractivity contribution is 5.13. The second-order valence-electron chi connectivity index (χ2n) is 4.21. The smallest absolute Gasteiger partial charge is 0.186 e. The number of hydrogen-bond donors (Lipinski definition) is 2. The van der Waals surface area contributed by atoms with Gasteiger partial charge in [0.15, 0.2) is 6.29 Å². The third-order valence-corrected chi connectivity index (χ3v) is 2.99. The van der Waals surface area contributed by atoms with Gasteiger partial charge in [-0.25, -0.2) is 0 Å². The van der Waals surface area contributed by atoms with Crippen molar-refractivity contribution >= 4 is 0 Å². The van der Waals surface area contributed by atoms with Gasteiger partial charge in [0.25, 0.3) is 0 Å². The maximum absolute atomic E-state index is 9.94. The number of aliphatic hydroxyl groups is 2. The maximum Gasteiger partial charge on any atom is 0.186 e. The molecule has 5 nitrogen and oxygen atoms in total. The third-order valence-electron chi connectivity index (χ3n) is 2.99. The summed E-state index contributed by atoms with van der Waals surface area (Å²) in [6.45, 7) is 0.148. The summed E-state index contributed by atoms with van der Waals surface area (Å²) in [6, 6.07) is 9.63. The van der Waals surface area contributed by atoms with Crippen LogP contribution in [-0.2, 0) is 20.8 Å². The largest absolute Gasteiger partial charge is 0.394 e. The van der Waals surface area contributed by atoms with Crippen molar-refractivity contribution in [3.05, 3.63) is 35.9 Å². The van der Waals surface area contributed by atoms with E-state index in [0.29, 0.717) is 6.61 Å². The van der Waals surface area contributed by atoms with Gasteiger partial charge < -0.3 is 24.4 Å². The number of ether oxygens (including phenoxy) is 3. The molecule has 1 saturated heterocycles. The molecular weight excluding hydrogens is 236 g/mol. The van der Waals surface area contributed by atoms with Gasteiger partial charge >= 0.3 is 0 Å². The van der Waals surface area contributed by atoms with Gasteiger partial charge in [0.05, 0.1) is 13.2 Å². The first-order chi connectivity index (χ1) is 8.76. The lowest BCUT2D eigenvalue weighted by atomic mass is 10.1. The molecular formula is C13H18O5. The molecule has 0 saturated carbocycles. The summed E-state index contributed by atoms with van der Waals surface area (Å²) in [5.74, 6) is 0. The lowest BCUT2D eigenvalue weighted by Crippen LogP contribution is -2.36. The van der Waals surface area contributed by atoms with Crippen molar-refractivity contribution in [3.63, 3.8) is 0 Å². The van der Waals surface area contributed by atoms with Crippen molar-refractivity contribution in [1.29, 1.82) is 0 Å². The standard InChI is InChI=1S/C13H18O5/c1-16-13-11(15)12(10(7-14)18-13)17-8-9-5-3-2-4-6-9/h2-6,10-15H,7-8H2,1H3/t10-,11?,12+,13?/m1/s1. The topological polar surface area (TPSA) is 68.2 Å². The van der Waals surface area contributed by atoms with Gasteiger partial charge in [-0.1, -0.05) is 30.3 Å². The SMILES string of the molecule is COC1O[C@H](CO)[C@H](OCc2ccccc2)C1O. The van der Waals surface area contributed by atoms with Crippen LogP contribution >= 0.6 is 0 Å². The Kier molecular flexibility index (Phi) is 4.68. The van der Waals surface area contributed by atoms with Crippen LogP contribution in [0.1, 0.15) is 5.56 Å². The second-order valence-corrected chi connectivity index (χ2v) is 4.21. The Labute approximate surface area is 106 Å². The monoisotopic (exact) mass is 254 g/mol. The van der Waals surface area contributed by atoms with Crippen LogP contribution in [0.5, 0.6) is 0 Å². The number of rotatable bonds is 5. The lowest BCUT2D eigenvalue weighted by Gasteiger charge is -2.19. The summed E-state index contributed by atoms with van der Waals surface area (Å²) in [4.78, 5) is 0. The van der Waals surface area contributed by atoms with Gasteiger partial charge in [-0.05, 0) is 5.56 Å². The number of hydrogen-bond acceptors (Lipinski definition) is 5. The first-order valence-corrected chi connectivity index (χ1v) is 5.89. The van der Waals surface area contributed by atoms with E-state index in [1.807, 2.05) is 30.3 Å². The molecule has 1 aromatic rings. The predicted octanol–water partition coefficient (Wildman–Crippen LogP) is 0.296. The van der Waals surface area contributed by atoms with E-state index in [-0.39, 0.29) is 6.61 Å². The van der Waals surface area contributed by atoms with Gasteiger partial charge in [-0.3, -0.25) is 0 Å². The molecule has 5 heteroatoms. The Morgan fingerprint density at radius 2 is 2.00 bits per heavy atom. The molecule has 0 amide bonds. The van der Waals surface area contributed by atoms with E-state index in [9.17, 15) is 10.2 Å². The lowest BCUT2D eigenvalue weighted by molar-refractivity contribution is -0.153. The maximum atomic E-state index is 9.94. The quantitative estimate of drug-likeness (QED) is 0.791. The van der Waals surface area contributed by atoms with Gasteiger partial charge in [0, 0.05) is 7.11 Å². The van der Waals surface area contributed by atoms with Crippen molar-refractivity contribution in [2.45, 2.75) is 31.2 Å². The fourth-order valence-corrected chi connectivity index (χ4v) is 2.02. The summed E-state index contributed by atoms with van der Waals surface area (Å²) in [7, 11) is 1.45. The Morgan fingerprint density at radius 3 is 2.61 bits per heavy atom. The molecule has 0 radical (unpaired) electrons. The van der Waals surface area contributed by atoms with E-state index in [0.717, 1.165) is 5.56 Å². The third kappa shape index (κ3) is 2.88. The molecule has 1 aromatic carbocycles. The van der Waals surface area contributed by atoms with Crippen LogP contribution in [0.2, 0.25) is 0 Å². The first kappa shape index (κ1) is 13.5. The zero-order valence-electron chi connectivity index (χ0n) is 10.2. The molecule has 0 aliphatic carbocycles. The minimum Gasteiger partial charge on any atom is -0.394 e. The zero-order valence-corrected chi connectivity index (χ0v) is 10.2. The highest BCUT2D eigenvalue weighted by atomic mass is 16.7. The summed E-state index contributed by atoms with van der Waals surface area (Å²) in [5.41, 5.74) is 1.00. The molecule has 0 aromatic heterocycles. The van der Waals surface area contributed by atoms with Crippen LogP contribution in [0.4, 0.5) is 0 Å². The molecule has 1 heterocycles. The Bertz CT molecular complexity index is 354. The van der Waals surface area contributed by atoms with Crippen molar-refractivity contribution in [2.24, 2.45) is 0 Å². The summed E-state index contributed by atoms with van der Waals surface area (Å²) in [6.07, 6.45) is -2.78. The molecule has 2 rings (SSSR count). The van der Waals surface area contributed by atoms with Crippen LogP contribution in [-0.4, -0.2) is 48.5 Å². The first-order valence-electron chi connectivity index (χ1n) is 5.89. The Hall–Kier alpha value is -0.980. The average molecular weight is 254 g/mol. The summed E-state index contributed by atoms with van der Waals surface area (Å²) in [5, 5.41) is 19.1. The summed E-state index contributed by atoms with van der Waals surface area (Å²) < 4.78 is 15.9. The van der Waals surface area contributed by atoms with Crippen LogP contribution in [0.15, 0.2) is 30.3 Å². The van der Waals surface area contributed by atoms with Crippen molar-refractivity contribution in [2.75, 3.05) is 13.7 Å². The fraction of sp³-hybridized carbons (Fsp3) is 0.538. The second kappa shape index (κ2) is 6.26. The van der Waals surface area contributed by atoms with Crippen LogP contribution in [0.25, 0.3) is 0 Å². The van der Waals surface area contributed by atoms with E-state index < -0.39 is 24.6 Å². The molecule has 0 bridgehead atoms. The molecule has 1 aliphatic heterocycles. The van der Waals surface area contributed by atoms with E-state index in [2.05, 4.69) is 0 Å². The van der Waals surface area contributed by atoms with Gasteiger partial charge in [-0.2, -0.15) is 0 Å². The molecule has 18 heavy (non-hydrogen) atoms. The average Bonchev–Trinajstić information content (AvgIpc) is 2.73. The highest BCUT2D eigenvalue weighted by Gasteiger charge is 2.44. The van der Waals surface area contributed by atoms with Gasteiger partial charge in [0.2, 0.25) is 0 Å². The van der Waals surface area contributed by atoms with Crippen molar-refractivity contribution in [3.8, 4) is 0 Å². The molecule has 100 valence electrons. The number of methoxy groups -OCH3 is 1. The minimum absolute atomic E-state index is 0.212. The van der Waals surface area contributed by atoms with E-state index in [1.165, 1.54) is 7.11 Å². The predicted molar refractivity (Wildman–Crippen MR) is 63.8 cm³/mol. The van der Waals surface area contributed by atoms with Gasteiger partial charge in [-0.15, -0.1) is 0 Å². The Balaban J connectivity index is 1.95. The van der Waals surface area contributed by atoms with Crippen LogP contribution < -0.4 is 0 Å². The Morgan fingerprint density at radius 1 is 1.28 bits per heavy atom. The molecule has 0 spiro atoms. The molecule has 1 fully saturated rings. The molecule has 4 atom stereocenters. The van der Waals surface area contributed by atoms with Crippen molar-refractivity contribution in [1.82, 2.24) is 0 Å². The summed E-state index contributed by atoms with van der Waals surface area (Å²) >= 11 is 0. The fourth-order valence-electron chi connectivity index (χ4n) is 2.02. The number of benzene rings is 1. The van der Waals surface area contributed by atoms with E-state index in [4.69, 9.17) is 14.2 Å². The molecule has 1 aliphatic rings. The van der Waals surface area contributed by atoms with E-state index >= 15 is 0 Å². The molecule has 2 unspecified atom stereocenters. The number of aliphatic hydroxyl groups excluding tert-OH is 2. The van der Waals surface area contributed by atoms with Crippen LogP contribution in [0.3, 0.4) is 0 Å². The van der Waals surface area contributed by atoms with Crippen molar-refractivity contribution < 1.29 is 24.4 Å². The van der Waals surface area contributed by atoms with Crippen LogP contribution in [0, 0.1) is 0 Å². The van der Waals surface area contributed by atoms with Gasteiger partial charge in [0.1, 0.15) is 18.3 Å². The zero-order chi connectivity index (χ0) is 13.0. The van der Waals surface area contributed by atoms with E-state index in [1.54, 1.807) is 0 Å². The normalized spacial score (nSPS) is 31.7. The highest BCUT2D eigenvalue weighted by Crippen LogP contribution is 2.25. The minimum atomic E-state index is -0.893. The molecule has 2 N–H and O–H groups in total.